The summed E-state index contributed by atoms with van der Waals surface area (Å²) in [6.45, 7) is 0. The topological polar surface area (TPSA) is 0 Å². The first kappa shape index (κ1) is 14.7. The van der Waals surface area contributed by atoms with Crippen LogP contribution in [0.25, 0.3) is 0 Å². The second-order valence-electron chi connectivity index (χ2n) is 2.43. The molecule has 0 rings (SSSR count). The molecule has 0 aromatic carbocycles. The van der Waals surface area contributed by atoms with Crippen LogP contribution in [0.4, 0.5) is 39.5 Å². The molecule has 0 N–H and O–H groups in total. The van der Waals surface area contributed by atoms with Gasteiger partial charge in [-0.25, -0.2) is 17.6 Å². The number of halogens is 10. The van der Waals surface area contributed by atoms with Gasteiger partial charge in [0, 0.05) is 0 Å². The summed E-state index contributed by atoms with van der Waals surface area (Å²) in [5.74, 6) is -6.08. The van der Waals surface area contributed by atoms with Crippen molar-refractivity contribution in [2.24, 2.45) is 0 Å². The molecule has 0 aliphatic rings. The van der Waals surface area contributed by atoms with E-state index < -0.39 is 29.8 Å². The molecule has 0 spiro atoms. The largest absolute Gasteiger partial charge is 0.434 e. The summed E-state index contributed by atoms with van der Waals surface area (Å²) in [5, 5.41) is 0. The second-order valence-corrected chi connectivity index (χ2v) is 2.82. The number of hydrogen-bond acceptors (Lipinski definition) is 0. The Bertz CT molecular complexity index is 221. The van der Waals surface area contributed by atoms with Crippen LogP contribution in [-0.2, 0) is 0 Å². The van der Waals surface area contributed by atoms with Gasteiger partial charge in [-0.05, 0) is 0 Å². The van der Waals surface area contributed by atoms with Crippen molar-refractivity contribution in [3.8, 4) is 0 Å². The lowest BCUT2D eigenvalue weighted by molar-refractivity contribution is -0.341. The maximum atomic E-state index is 12.5. The zero-order valence-corrected chi connectivity index (χ0v) is 7.19. The van der Waals surface area contributed by atoms with E-state index in [1.165, 1.54) is 0 Å². The lowest BCUT2D eigenvalue weighted by Gasteiger charge is -2.33. The number of hydrogen-bond donors (Lipinski definition) is 0. The van der Waals surface area contributed by atoms with E-state index in [9.17, 15) is 39.5 Å². The predicted octanol–water partition coefficient (Wildman–Crippen LogP) is 3.69. The van der Waals surface area contributed by atoms with Crippen molar-refractivity contribution in [3.63, 3.8) is 0 Å². The molecule has 0 radical (unpaired) electrons. The Morgan fingerprint density at radius 1 is 0.800 bits per heavy atom. The van der Waals surface area contributed by atoms with Crippen LogP contribution in [0, 0.1) is 0 Å². The summed E-state index contributed by atoms with van der Waals surface area (Å²) in [5.41, 5.74) is -10.5. The summed E-state index contributed by atoms with van der Waals surface area (Å²) < 4.78 is 107. The van der Waals surface area contributed by atoms with Gasteiger partial charge in [0.2, 0.25) is 5.63 Å². The Hall–Kier alpha value is -0.340. The molecule has 0 saturated heterocycles. The molecule has 0 fully saturated rings. The van der Waals surface area contributed by atoms with Gasteiger partial charge < -0.3 is 0 Å². The zero-order valence-electron chi connectivity index (χ0n) is 6.43. The van der Waals surface area contributed by atoms with E-state index in [2.05, 4.69) is 11.6 Å². The van der Waals surface area contributed by atoms with Crippen LogP contribution >= 0.6 is 11.6 Å². The van der Waals surface area contributed by atoms with Crippen molar-refractivity contribution in [1.82, 2.24) is 0 Å². The fourth-order valence-corrected chi connectivity index (χ4v) is 0.776. The van der Waals surface area contributed by atoms with E-state index in [0.717, 1.165) is 0 Å². The van der Waals surface area contributed by atoms with Crippen molar-refractivity contribution < 1.29 is 39.5 Å². The van der Waals surface area contributed by atoms with Crippen LogP contribution in [0.1, 0.15) is 0 Å². The molecular weight excluding hydrogens is 266 g/mol. The van der Waals surface area contributed by atoms with Crippen LogP contribution in [0.3, 0.4) is 0 Å². The second kappa shape index (κ2) is 3.91. The van der Waals surface area contributed by atoms with Gasteiger partial charge in [-0.1, -0.05) is 11.6 Å². The molecule has 0 amide bonds. The summed E-state index contributed by atoms with van der Waals surface area (Å²) in [4.78, 5) is 0. The van der Waals surface area contributed by atoms with Crippen LogP contribution in [0.2, 0.25) is 0 Å². The lowest BCUT2D eigenvalue weighted by Crippen LogP contribution is -2.62. The first-order chi connectivity index (χ1) is 6.39. The maximum Gasteiger partial charge on any atom is 0.434 e. The third kappa shape index (κ3) is 2.11. The van der Waals surface area contributed by atoms with Gasteiger partial charge in [0.1, 0.15) is 0 Å². The monoisotopic (exact) mass is 268 g/mol. The molecule has 0 nitrogen and oxygen atoms in total. The van der Waals surface area contributed by atoms with Gasteiger partial charge in [0.05, 0.1) is 0 Å². The number of alkyl halides is 10. The fraction of sp³-hybridized carbons (Fsp3) is 1.00. The Labute approximate surface area is 82.0 Å². The minimum absolute atomic E-state index is 3.91. The van der Waals surface area contributed by atoms with Crippen LogP contribution in [0.5, 0.6) is 0 Å². The normalized spacial score (nSPS) is 20.2. The van der Waals surface area contributed by atoms with Crippen molar-refractivity contribution in [3.05, 3.63) is 0 Å². The van der Waals surface area contributed by atoms with Gasteiger partial charge in [-0.2, -0.15) is 22.0 Å². The van der Waals surface area contributed by atoms with E-state index in [1.807, 2.05) is 0 Å². The molecule has 0 aliphatic heterocycles. The minimum Gasteiger partial charge on any atom is -0.223 e. The smallest absolute Gasteiger partial charge is 0.223 e. The highest BCUT2D eigenvalue weighted by Crippen LogP contribution is 2.51. The molecular formula is C5H2ClF9. The summed E-state index contributed by atoms with van der Waals surface area (Å²) in [6, 6.07) is 0. The molecule has 0 aromatic heterocycles. The van der Waals surface area contributed by atoms with E-state index in [1.54, 1.807) is 0 Å². The van der Waals surface area contributed by atoms with Crippen molar-refractivity contribution in [1.29, 1.82) is 0 Å². The van der Waals surface area contributed by atoms with Crippen molar-refractivity contribution >= 4 is 11.6 Å². The molecule has 92 valence electrons. The SMILES string of the molecule is FC(Cl)C(F)(F)C(F)(C(F)F)C(F)(F)F. The third-order valence-electron chi connectivity index (χ3n) is 1.47. The Morgan fingerprint density at radius 2 is 1.13 bits per heavy atom. The van der Waals surface area contributed by atoms with E-state index in [-0.39, 0.29) is 0 Å². The first-order valence-corrected chi connectivity index (χ1v) is 3.52. The summed E-state index contributed by atoms with van der Waals surface area (Å²) >= 11 is 3.91. The van der Waals surface area contributed by atoms with E-state index in [4.69, 9.17) is 0 Å². The molecule has 0 heterocycles. The fourth-order valence-electron chi connectivity index (χ4n) is 0.617. The molecule has 2 atom stereocenters. The van der Waals surface area contributed by atoms with Gasteiger partial charge >= 0.3 is 17.8 Å². The highest BCUT2D eigenvalue weighted by atomic mass is 35.5. The average molecular weight is 269 g/mol. The molecule has 0 saturated carbocycles. The standard InChI is InChI=1S/C5H2ClF9/c6-1(7)4(11,12)3(10,2(8)9)5(13,14)15/h1-2H. The molecule has 15 heavy (non-hydrogen) atoms. The quantitative estimate of drug-likeness (QED) is 0.541. The molecule has 0 aliphatic carbocycles. The predicted molar refractivity (Wildman–Crippen MR) is 31.6 cm³/mol. The van der Waals surface area contributed by atoms with Crippen LogP contribution in [-0.4, -0.2) is 29.8 Å². The van der Waals surface area contributed by atoms with Crippen molar-refractivity contribution in [2.45, 2.75) is 29.8 Å². The Morgan fingerprint density at radius 3 is 1.20 bits per heavy atom. The first-order valence-electron chi connectivity index (χ1n) is 3.08. The summed E-state index contributed by atoms with van der Waals surface area (Å²) in [7, 11) is 0. The van der Waals surface area contributed by atoms with Crippen molar-refractivity contribution in [2.75, 3.05) is 0 Å². The lowest BCUT2D eigenvalue weighted by atomic mass is 9.98. The van der Waals surface area contributed by atoms with Gasteiger partial charge in [0.15, 0.2) is 0 Å². The van der Waals surface area contributed by atoms with Crippen LogP contribution in [0.15, 0.2) is 0 Å². The molecule has 0 aromatic rings. The van der Waals surface area contributed by atoms with E-state index in [0.29, 0.717) is 0 Å². The van der Waals surface area contributed by atoms with Gasteiger partial charge in [-0.3, -0.25) is 0 Å². The van der Waals surface area contributed by atoms with Crippen LogP contribution < -0.4 is 0 Å². The van der Waals surface area contributed by atoms with E-state index >= 15 is 0 Å². The Balaban J connectivity index is 5.51. The Kier molecular flexibility index (Phi) is 3.82. The highest BCUT2D eigenvalue weighted by Gasteiger charge is 2.79. The molecule has 10 heteroatoms. The summed E-state index contributed by atoms with van der Waals surface area (Å²) in [6.07, 6.45) is -11.8. The molecule has 0 bridgehead atoms. The highest BCUT2D eigenvalue weighted by molar-refractivity contribution is 6.20. The van der Waals surface area contributed by atoms with Gasteiger partial charge in [-0.15, -0.1) is 0 Å². The maximum absolute atomic E-state index is 12.5. The minimum atomic E-state index is -6.65. The molecule has 2 unspecified atom stereocenters. The van der Waals surface area contributed by atoms with Gasteiger partial charge in [0.25, 0.3) is 6.43 Å². The number of rotatable bonds is 3. The third-order valence-corrected chi connectivity index (χ3v) is 1.75. The zero-order chi connectivity index (χ0) is 12.7. The average Bonchev–Trinajstić information content (AvgIpc) is 1.99.